The fourth-order valence-electron chi connectivity index (χ4n) is 1.79. The van der Waals surface area contributed by atoms with Crippen molar-refractivity contribution in [3.63, 3.8) is 0 Å². The number of hydrogen-bond acceptors (Lipinski definition) is 2. The van der Waals surface area contributed by atoms with Crippen molar-refractivity contribution in [3.05, 3.63) is 35.9 Å². The number of carbonyl (C=O) groups excluding carboxylic acids is 1. The Morgan fingerprint density at radius 2 is 2.05 bits per heavy atom. The Hall–Kier alpha value is -1.57. The van der Waals surface area contributed by atoms with Gasteiger partial charge in [0.25, 0.3) is 0 Å². The van der Waals surface area contributed by atoms with Gasteiger partial charge in [0.1, 0.15) is 5.75 Å². The second kappa shape index (κ2) is 10.4. The Morgan fingerprint density at radius 3 is 2.84 bits per heavy atom. The summed E-state index contributed by atoms with van der Waals surface area (Å²) < 4.78 is 5.80. The summed E-state index contributed by atoms with van der Waals surface area (Å²) >= 11 is 0. The summed E-state index contributed by atoms with van der Waals surface area (Å²) in [6.07, 6.45) is 11.9. The summed E-state index contributed by atoms with van der Waals surface area (Å²) in [7, 11) is 0. The maximum Gasteiger partial charge on any atom is 0.198 e. The molecule has 103 valence electrons. The summed E-state index contributed by atoms with van der Waals surface area (Å²) in [6.45, 7) is 2.96. The molecule has 0 aliphatic heterocycles. The third-order valence-corrected chi connectivity index (χ3v) is 2.87. The van der Waals surface area contributed by atoms with Gasteiger partial charge in [0.15, 0.2) is 6.29 Å². The van der Waals surface area contributed by atoms with Crippen LogP contribution in [0.15, 0.2) is 30.3 Å². The first kappa shape index (κ1) is 15.5. The molecule has 0 fully saturated rings. The second-order valence-electron chi connectivity index (χ2n) is 4.53. The summed E-state index contributed by atoms with van der Waals surface area (Å²) in [5.74, 6) is 0.941. The van der Waals surface area contributed by atoms with Gasteiger partial charge in [-0.2, -0.15) is 0 Å². The molecule has 1 rings (SSSR count). The zero-order valence-corrected chi connectivity index (χ0v) is 11.7. The van der Waals surface area contributed by atoms with Crippen LogP contribution < -0.4 is 4.74 Å². The molecule has 0 aliphatic rings. The number of hydrogen-bond donors (Lipinski definition) is 0. The minimum absolute atomic E-state index is 0.513. The summed E-state index contributed by atoms with van der Waals surface area (Å²) in [5.41, 5.74) is 1.11. The monoisotopic (exact) mass is 259 g/mol. The molecule has 0 bridgehead atoms. The molecule has 1 aromatic rings. The van der Waals surface area contributed by atoms with Crippen molar-refractivity contribution in [1.29, 1.82) is 0 Å². The summed E-state index contributed by atoms with van der Waals surface area (Å²) in [6, 6.07) is 8.06. The largest absolute Gasteiger partial charge is 0.493 e. The molecule has 0 aliphatic carbocycles. The first-order chi connectivity index (χ1) is 9.38. The molecule has 2 heteroatoms. The smallest absolute Gasteiger partial charge is 0.198 e. The first-order valence-corrected chi connectivity index (χ1v) is 7.12. The van der Waals surface area contributed by atoms with E-state index in [4.69, 9.17) is 4.74 Å². The van der Waals surface area contributed by atoms with E-state index in [-0.39, 0.29) is 0 Å². The highest BCUT2D eigenvalue weighted by molar-refractivity contribution is 5.57. The average molecular weight is 259 g/mol. The van der Waals surface area contributed by atoms with Crippen molar-refractivity contribution in [2.45, 2.75) is 45.4 Å². The third-order valence-electron chi connectivity index (χ3n) is 2.87. The lowest BCUT2D eigenvalue weighted by Gasteiger charge is -2.08. The molecule has 0 saturated heterocycles. The molecule has 2 nitrogen and oxygen atoms in total. The molecule has 0 amide bonds. The lowest BCUT2D eigenvalue weighted by Crippen LogP contribution is -1.98. The molecule has 0 atom stereocenters. The van der Waals surface area contributed by atoms with Crippen LogP contribution in [-0.4, -0.2) is 12.9 Å². The highest BCUT2D eigenvalue weighted by Gasteiger charge is 1.99. The maximum absolute atomic E-state index is 10.1. The Morgan fingerprint density at radius 1 is 1.21 bits per heavy atom. The number of unbranched alkanes of at least 4 members (excludes halogenated alkanes) is 4. The number of allylic oxidation sites excluding steroid dienone is 1. The average Bonchev–Trinajstić information content (AvgIpc) is 2.45. The van der Waals surface area contributed by atoms with E-state index in [1.807, 2.05) is 24.5 Å². The van der Waals surface area contributed by atoms with Crippen LogP contribution in [0, 0.1) is 0 Å². The van der Waals surface area contributed by atoms with Crippen molar-refractivity contribution in [3.8, 4) is 5.75 Å². The van der Waals surface area contributed by atoms with E-state index in [2.05, 4.69) is 25.1 Å². The second-order valence-corrected chi connectivity index (χ2v) is 4.53. The highest BCUT2D eigenvalue weighted by Crippen LogP contribution is 2.20. The molecule has 1 aromatic carbocycles. The van der Waals surface area contributed by atoms with Crippen LogP contribution in [0.25, 0.3) is 6.08 Å². The zero-order chi connectivity index (χ0) is 13.8. The van der Waals surface area contributed by atoms with Crippen molar-refractivity contribution in [1.82, 2.24) is 0 Å². The molecule has 0 aromatic heterocycles. The zero-order valence-electron chi connectivity index (χ0n) is 11.7. The molecular weight excluding hydrogens is 236 g/mol. The Labute approximate surface area is 116 Å². The number of benzene rings is 1. The van der Waals surface area contributed by atoms with Gasteiger partial charge in [-0.3, -0.25) is 4.79 Å². The van der Waals surface area contributed by atoms with Gasteiger partial charge in [-0.15, -0.1) is 0 Å². The van der Waals surface area contributed by atoms with Gasteiger partial charge in [-0.05, 0) is 25.3 Å². The predicted octanol–water partition coefficient (Wildman–Crippen LogP) is 4.55. The lowest BCUT2D eigenvalue weighted by molar-refractivity contribution is 0.305. The van der Waals surface area contributed by atoms with Gasteiger partial charge in [-0.1, -0.05) is 50.1 Å². The molecule has 0 heterocycles. The maximum atomic E-state index is 10.1. The van der Waals surface area contributed by atoms with E-state index in [0.717, 1.165) is 37.2 Å². The highest BCUT2D eigenvalue weighted by atomic mass is 16.5. The number of para-hydroxylation sites is 1. The topological polar surface area (TPSA) is 26.3 Å². The fourth-order valence-corrected chi connectivity index (χ4v) is 1.79. The standard InChI is InChI=1S/C17H23O2/c1-2-3-10-15-19-17-13-8-7-12-16(17)11-6-4-5-9-14-18/h6-8,11-13H,2-5,9-10,15H2,1H3. The molecular formula is C17H23O2. The Bertz CT molecular complexity index is 383. The van der Waals surface area contributed by atoms with E-state index >= 15 is 0 Å². The number of ether oxygens (including phenoxy) is 1. The van der Waals surface area contributed by atoms with Gasteiger partial charge in [0.2, 0.25) is 0 Å². The normalized spacial score (nSPS) is 10.8. The van der Waals surface area contributed by atoms with Gasteiger partial charge >= 0.3 is 0 Å². The van der Waals surface area contributed by atoms with Gasteiger partial charge < -0.3 is 4.74 Å². The van der Waals surface area contributed by atoms with Crippen LogP contribution in [-0.2, 0) is 4.79 Å². The van der Waals surface area contributed by atoms with Crippen LogP contribution in [0.2, 0.25) is 0 Å². The minimum atomic E-state index is 0.513. The van der Waals surface area contributed by atoms with Crippen LogP contribution in [0.1, 0.15) is 51.0 Å². The van der Waals surface area contributed by atoms with Crippen molar-refractivity contribution < 1.29 is 9.53 Å². The third kappa shape index (κ3) is 6.80. The van der Waals surface area contributed by atoms with Crippen LogP contribution in [0.4, 0.5) is 0 Å². The van der Waals surface area contributed by atoms with Crippen molar-refractivity contribution >= 4 is 12.4 Å². The minimum Gasteiger partial charge on any atom is -0.493 e. The summed E-state index contributed by atoms with van der Waals surface area (Å²) in [4.78, 5) is 10.1. The van der Waals surface area contributed by atoms with E-state index < -0.39 is 0 Å². The molecule has 19 heavy (non-hydrogen) atoms. The van der Waals surface area contributed by atoms with Gasteiger partial charge in [-0.25, -0.2) is 0 Å². The lowest BCUT2D eigenvalue weighted by atomic mass is 10.1. The number of rotatable bonds is 10. The molecule has 0 saturated carbocycles. The molecule has 0 N–H and O–H groups in total. The molecule has 0 spiro atoms. The fraction of sp³-hybridized carbons (Fsp3) is 0.471. The Balaban J connectivity index is 2.45. The van der Waals surface area contributed by atoms with Gasteiger partial charge in [0.05, 0.1) is 6.61 Å². The van der Waals surface area contributed by atoms with Crippen molar-refractivity contribution in [2.75, 3.05) is 6.61 Å². The molecule has 0 unspecified atom stereocenters. The van der Waals surface area contributed by atoms with Crippen molar-refractivity contribution in [2.24, 2.45) is 0 Å². The van der Waals surface area contributed by atoms with E-state index in [1.54, 1.807) is 0 Å². The Kier molecular flexibility index (Phi) is 8.45. The molecule has 1 radical (unpaired) electrons. The first-order valence-electron chi connectivity index (χ1n) is 7.12. The SMILES string of the molecule is CCCCCOc1ccccc1C=CCCC[C]=O. The van der Waals surface area contributed by atoms with E-state index in [1.165, 1.54) is 12.8 Å². The van der Waals surface area contributed by atoms with E-state index in [0.29, 0.717) is 6.42 Å². The van der Waals surface area contributed by atoms with Gasteiger partial charge in [0, 0.05) is 12.0 Å². The van der Waals surface area contributed by atoms with Crippen LogP contribution in [0.5, 0.6) is 5.75 Å². The van der Waals surface area contributed by atoms with Crippen LogP contribution in [0.3, 0.4) is 0 Å². The van der Waals surface area contributed by atoms with E-state index in [9.17, 15) is 4.79 Å². The quantitative estimate of drug-likeness (QED) is 0.576. The van der Waals surface area contributed by atoms with Crippen LogP contribution >= 0.6 is 0 Å². The summed E-state index contributed by atoms with van der Waals surface area (Å²) in [5, 5.41) is 0. The predicted molar refractivity (Wildman–Crippen MR) is 80.0 cm³/mol.